The van der Waals surface area contributed by atoms with Crippen LogP contribution in [0.2, 0.25) is 5.02 Å². The smallest absolute Gasteiger partial charge is 0.343 e. The Balaban J connectivity index is 1.22. The topological polar surface area (TPSA) is 110 Å². The van der Waals surface area contributed by atoms with Crippen molar-refractivity contribution in [3.8, 4) is 11.5 Å². The van der Waals surface area contributed by atoms with Gasteiger partial charge >= 0.3 is 5.97 Å². The lowest BCUT2D eigenvalue weighted by Crippen LogP contribution is -2.52. The van der Waals surface area contributed by atoms with E-state index in [2.05, 4.69) is 0 Å². The van der Waals surface area contributed by atoms with Crippen LogP contribution in [0.15, 0.2) is 72.8 Å². The molecular weight excluding hydrogens is 560 g/mol. The van der Waals surface area contributed by atoms with Crippen LogP contribution in [0, 0.1) is 23.7 Å². The van der Waals surface area contributed by atoms with Crippen LogP contribution in [0.3, 0.4) is 0 Å². The molecule has 214 valence electrons. The van der Waals surface area contributed by atoms with Gasteiger partial charge in [-0.25, -0.2) is 9.80 Å². The van der Waals surface area contributed by atoms with Gasteiger partial charge in [-0.1, -0.05) is 17.7 Å². The summed E-state index contributed by atoms with van der Waals surface area (Å²) in [7, 11) is 1.50. The van der Waals surface area contributed by atoms with Gasteiger partial charge in [0.2, 0.25) is 0 Å². The molecule has 2 saturated carbocycles. The number of imide groups is 1. The Morgan fingerprint density at radius 3 is 2.07 bits per heavy atom. The highest BCUT2D eigenvalue weighted by Gasteiger charge is 2.62. The first-order valence-corrected chi connectivity index (χ1v) is 14.1. The molecule has 2 aliphatic carbocycles. The molecule has 9 nitrogen and oxygen atoms in total. The molecule has 10 heteroatoms. The van der Waals surface area contributed by atoms with Crippen LogP contribution in [-0.2, 0) is 9.59 Å². The van der Waals surface area contributed by atoms with Crippen molar-refractivity contribution >= 4 is 41.1 Å². The monoisotopic (exact) mass is 586 g/mol. The zero-order valence-corrected chi connectivity index (χ0v) is 23.5. The number of benzene rings is 3. The molecule has 2 bridgehead atoms. The number of carbonyl (C=O) groups is 5. The number of rotatable bonds is 8. The number of ether oxygens (including phenoxy) is 2. The molecule has 42 heavy (non-hydrogen) atoms. The van der Waals surface area contributed by atoms with Gasteiger partial charge in [-0.15, -0.1) is 0 Å². The van der Waals surface area contributed by atoms with Crippen molar-refractivity contribution in [2.24, 2.45) is 23.7 Å². The van der Waals surface area contributed by atoms with Crippen LogP contribution in [0.5, 0.6) is 11.5 Å². The van der Waals surface area contributed by atoms with Gasteiger partial charge in [0.25, 0.3) is 17.7 Å². The van der Waals surface area contributed by atoms with Crippen LogP contribution in [-0.4, -0.2) is 53.1 Å². The average Bonchev–Trinajstić information content (AvgIpc) is 3.70. The van der Waals surface area contributed by atoms with Gasteiger partial charge in [0, 0.05) is 16.1 Å². The summed E-state index contributed by atoms with van der Waals surface area (Å²) >= 11 is 6.00. The second kappa shape index (κ2) is 11.1. The number of hydrazine groups is 1. The summed E-state index contributed by atoms with van der Waals surface area (Å²) in [4.78, 5) is 66.8. The number of hydrogen-bond acceptors (Lipinski definition) is 7. The van der Waals surface area contributed by atoms with Crippen molar-refractivity contribution in [2.45, 2.75) is 19.3 Å². The van der Waals surface area contributed by atoms with E-state index in [-0.39, 0.29) is 28.7 Å². The lowest BCUT2D eigenvalue weighted by Gasteiger charge is -2.30. The van der Waals surface area contributed by atoms with Gasteiger partial charge in [-0.2, -0.15) is 5.01 Å². The zero-order valence-electron chi connectivity index (χ0n) is 22.7. The van der Waals surface area contributed by atoms with Gasteiger partial charge in [-0.3, -0.25) is 19.2 Å². The summed E-state index contributed by atoms with van der Waals surface area (Å²) in [6, 6.07) is 18.4. The van der Waals surface area contributed by atoms with Crippen LogP contribution in [0.4, 0.5) is 0 Å². The maximum absolute atomic E-state index is 13.7. The number of methoxy groups -OCH3 is 1. The molecule has 3 aromatic rings. The van der Waals surface area contributed by atoms with Gasteiger partial charge in [-0.05, 0) is 97.8 Å². The molecule has 3 fully saturated rings. The van der Waals surface area contributed by atoms with E-state index in [1.54, 1.807) is 24.3 Å². The molecule has 1 aliphatic heterocycles. The fourth-order valence-electron chi connectivity index (χ4n) is 6.46. The summed E-state index contributed by atoms with van der Waals surface area (Å²) in [5, 5.41) is 2.28. The highest BCUT2D eigenvalue weighted by Crippen LogP contribution is 2.56. The minimum absolute atomic E-state index is 0.122. The van der Waals surface area contributed by atoms with Crippen molar-refractivity contribution in [3.05, 3.63) is 94.5 Å². The largest absolute Gasteiger partial charge is 0.497 e. The second-order valence-corrected chi connectivity index (χ2v) is 11.2. The Morgan fingerprint density at radius 2 is 1.45 bits per heavy atom. The molecule has 6 rings (SSSR count). The summed E-state index contributed by atoms with van der Waals surface area (Å²) in [6.07, 6.45) is 2.62. The third-order valence-electron chi connectivity index (χ3n) is 8.46. The Labute approximate surface area is 246 Å². The predicted octanol–water partition coefficient (Wildman–Crippen LogP) is 4.84. The van der Waals surface area contributed by atoms with E-state index >= 15 is 0 Å². The minimum Gasteiger partial charge on any atom is -0.497 e. The maximum atomic E-state index is 13.7. The lowest BCUT2D eigenvalue weighted by molar-refractivity contribution is -0.155. The predicted molar refractivity (Wildman–Crippen MR) is 151 cm³/mol. The fraction of sp³-hybridized carbons (Fsp3) is 0.281. The van der Waals surface area contributed by atoms with Crippen LogP contribution >= 0.6 is 11.6 Å². The molecule has 0 aromatic heterocycles. The summed E-state index contributed by atoms with van der Waals surface area (Å²) in [5.41, 5.74) is 0.695. The van der Waals surface area contributed by atoms with E-state index in [1.807, 2.05) is 0 Å². The molecule has 3 amide bonds. The standard InChI is InChI=1S/C32H27ClN2O7/c1-41-25-4-2-3-22(16-25)32(40)42-24-13-9-18(10-14-24)26(36)17-34(29(37)19-7-11-23(33)12-8-19)35-30(38)27-20-5-6-21(15-20)28(27)31(35)39/h2-4,7-14,16,20-21,27-28H,5-6,15,17H2,1H3/t20-,21-,27-,28-/m0/s1. The van der Waals surface area contributed by atoms with Gasteiger partial charge in [0.05, 0.1) is 24.5 Å². The number of fused-ring (bicyclic) bond motifs is 5. The molecule has 1 heterocycles. The average molecular weight is 587 g/mol. The highest BCUT2D eigenvalue weighted by atomic mass is 35.5. The number of Topliss-reactive ketones (excluding diaryl/α,β-unsaturated/α-hetero) is 1. The number of carbonyl (C=O) groups excluding carboxylic acids is 5. The maximum Gasteiger partial charge on any atom is 0.343 e. The summed E-state index contributed by atoms with van der Waals surface area (Å²) in [5.74, 6) is -2.54. The number of esters is 1. The van der Waals surface area contributed by atoms with Gasteiger partial charge < -0.3 is 9.47 Å². The van der Waals surface area contributed by atoms with Crippen LogP contribution in [0.25, 0.3) is 0 Å². The Kier molecular flexibility index (Phi) is 7.28. The Bertz CT molecular complexity index is 1560. The zero-order chi connectivity index (χ0) is 29.5. The van der Waals surface area contributed by atoms with Gasteiger partial charge in [0.15, 0.2) is 5.78 Å². The van der Waals surface area contributed by atoms with E-state index in [0.717, 1.165) is 29.3 Å². The minimum atomic E-state index is -0.655. The van der Waals surface area contributed by atoms with Gasteiger partial charge in [0.1, 0.15) is 18.0 Å². The normalized spacial score (nSPS) is 22.2. The fourth-order valence-corrected chi connectivity index (χ4v) is 6.58. The van der Waals surface area contributed by atoms with Crippen molar-refractivity contribution < 1.29 is 33.4 Å². The summed E-state index contributed by atoms with van der Waals surface area (Å²) in [6.45, 7) is -0.531. The second-order valence-electron chi connectivity index (χ2n) is 10.8. The number of nitrogens with zero attached hydrogens (tertiary/aromatic N) is 2. The molecule has 0 spiro atoms. The lowest BCUT2D eigenvalue weighted by atomic mass is 9.81. The number of ketones is 1. The highest BCUT2D eigenvalue weighted by molar-refractivity contribution is 6.30. The molecular formula is C32H27ClN2O7. The Hall–Kier alpha value is -4.50. The Morgan fingerprint density at radius 1 is 0.833 bits per heavy atom. The molecule has 3 aromatic carbocycles. The van der Waals surface area contributed by atoms with E-state index < -0.39 is 47.9 Å². The third-order valence-corrected chi connectivity index (χ3v) is 8.71. The number of hydrogen-bond donors (Lipinski definition) is 0. The number of halogens is 1. The van der Waals surface area contributed by atoms with E-state index in [4.69, 9.17) is 21.1 Å². The molecule has 1 saturated heterocycles. The first kappa shape index (κ1) is 27.7. The van der Waals surface area contributed by atoms with Crippen molar-refractivity contribution in [3.63, 3.8) is 0 Å². The van der Waals surface area contributed by atoms with E-state index in [1.165, 1.54) is 55.6 Å². The molecule has 0 radical (unpaired) electrons. The third kappa shape index (κ3) is 4.94. The van der Waals surface area contributed by atoms with Crippen LogP contribution < -0.4 is 9.47 Å². The van der Waals surface area contributed by atoms with E-state index in [0.29, 0.717) is 16.3 Å². The van der Waals surface area contributed by atoms with Crippen molar-refractivity contribution in [2.75, 3.05) is 13.7 Å². The molecule has 0 unspecified atom stereocenters. The first-order chi connectivity index (χ1) is 20.2. The first-order valence-electron chi connectivity index (χ1n) is 13.7. The van der Waals surface area contributed by atoms with Crippen LogP contribution in [0.1, 0.15) is 50.3 Å². The number of amides is 3. The SMILES string of the molecule is COc1cccc(C(=O)Oc2ccc(C(=O)CN(C(=O)c3ccc(Cl)cc3)N3C(=O)[C@H]4[C@H]5CC[C@@H](C5)[C@@H]4C3=O)cc2)c1. The molecule has 0 N–H and O–H groups in total. The summed E-state index contributed by atoms with van der Waals surface area (Å²) < 4.78 is 10.6. The van der Waals surface area contributed by atoms with E-state index in [9.17, 15) is 24.0 Å². The van der Waals surface area contributed by atoms with Crippen molar-refractivity contribution in [1.29, 1.82) is 0 Å². The molecule has 3 aliphatic rings. The quantitative estimate of drug-likeness (QED) is 0.161. The molecule has 4 atom stereocenters. The van der Waals surface area contributed by atoms with Crippen molar-refractivity contribution in [1.82, 2.24) is 10.0 Å².